The van der Waals surface area contributed by atoms with Crippen LogP contribution in [0.15, 0.2) is 48.5 Å². The lowest BCUT2D eigenvalue weighted by atomic mass is 10.1. The van der Waals surface area contributed by atoms with Crippen molar-refractivity contribution in [3.63, 3.8) is 0 Å². The molecule has 1 aliphatic carbocycles. The standard InChI is InChI=1S/C23H24N4O2/c1-15-8-6-9-16(2)21(15)25-20(28)14-24-23(29)22-18-12-7-13-19(18)27(26-22)17-10-4-3-5-11-17/h3-6,8-11H,7,12-14H2,1-2H3,(H,24,29)(H,25,28). The number of carbonyl (C=O) groups excluding carboxylic acids is 2. The Labute approximate surface area is 169 Å². The molecule has 1 aliphatic rings. The molecule has 0 atom stereocenters. The summed E-state index contributed by atoms with van der Waals surface area (Å²) in [6.07, 6.45) is 2.74. The van der Waals surface area contributed by atoms with Crippen molar-refractivity contribution in [1.29, 1.82) is 0 Å². The highest BCUT2D eigenvalue weighted by Crippen LogP contribution is 2.27. The van der Waals surface area contributed by atoms with Gasteiger partial charge in [-0.2, -0.15) is 5.10 Å². The molecule has 2 amide bonds. The number of aryl methyl sites for hydroxylation is 2. The number of para-hydroxylation sites is 2. The van der Waals surface area contributed by atoms with E-state index in [1.807, 2.05) is 67.1 Å². The lowest BCUT2D eigenvalue weighted by molar-refractivity contribution is -0.115. The molecule has 0 spiro atoms. The number of fused-ring (bicyclic) bond motifs is 1. The van der Waals surface area contributed by atoms with Gasteiger partial charge in [0, 0.05) is 16.9 Å². The molecule has 3 aromatic rings. The fraction of sp³-hybridized carbons (Fsp3) is 0.261. The Balaban J connectivity index is 1.48. The van der Waals surface area contributed by atoms with Crippen molar-refractivity contribution in [3.8, 4) is 5.69 Å². The van der Waals surface area contributed by atoms with Crippen LogP contribution in [0.25, 0.3) is 5.69 Å². The van der Waals surface area contributed by atoms with Crippen LogP contribution in [0.2, 0.25) is 0 Å². The van der Waals surface area contributed by atoms with E-state index < -0.39 is 0 Å². The van der Waals surface area contributed by atoms with E-state index in [9.17, 15) is 9.59 Å². The average molecular weight is 388 g/mol. The van der Waals surface area contributed by atoms with Gasteiger partial charge in [0.1, 0.15) is 0 Å². The average Bonchev–Trinajstić information content (AvgIpc) is 3.32. The number of nitrogens with zero attached hydrogens (tertiary/aromatic N) is 2. The first-order valence-corrected chi connectivity index (χ1v) is 9.85. The maximum Gasteiger partial charge on any atom is 0.272 e. The summed E-state index contributed by atoms with van der Waals surface area (Å²) in [7, 11) is 0. The van der Waals surface area contributed by atoms with E-state index in [2.05, 4.69) is 15.7 Å². The summed E-state index contributed by atoms with van der Waals surface area (Å²) in [5.74, 6) is -0.565. The molecule has 0 unspecified atom stereocenters. The van der Waals surface area contributed by atoms with Gasteiger partial charge in [0.15, 0.2) is 5.69 Å². The third kappa shape index (κ3) is 3.78. The highest BCUT2D eigenvalue weighted by atomic mass is 16.2. The molecular formula is C23H24N4O2. The minimum atomic E-state index is -0.311. The minimum absolute atomic E-state index is 0.0976. The summed E-state index contributed by atoms with van der Waals surface area (Å²) in [6, 6.07) is 15.7. The third-order valence-corrected chi connectivity index (χ3v) is 5.30. The number of hydrogen-bond acceptors (Lipinski definition) is 3. The second kappa shape index (κ2) is 7.91. The molecule has 148 valence electrons. The van der Waals surface area contributed by atoms with Crippen LogP contribution >= 0.6 is 0 Å². The van der Waals surface area contributed by atoms with Gasteiger partial charge < -0.3 is 10.6 Å². The van der Waals surface area contributed by atoms with E-state index in [1.54, 1.807) is 0 Å². The van der Waals surface area contributed by atoms with Crippen molar-refractivity contribution in [2.75, 3.05) is 11.9 Å². The number of benzene rings is 2. The van der Waals surface area contributed by atoms with Crippen LogP contribution in [0.5, 0.6) is 0 Å². The maximum absolute atomic E-state index is 12.8. The monoisotopic (exact) mass is 388 g/mol. The van der Waals surface area contributed by atoms with Crippen molar-refractivity contribution in [3.05, 3.63) is 76.6 Å². The number of nitrogens with one attached hydrogen (secondary N) is 2. The summed E-state index contributed by atoms with van der Waals surface area (Å²) in [5, 5.41) is 10.2. The van der Waals surface area contributed by atoms with E-state index in [0.29, 0.717) is 5.69 Å². The van der Waals surface area contributed by atoms with E-state index in [-0.39, 0.29) is 18.4 Å². The van der Waals surface area contributed by atoms with Crippen LogP contribution in [-0.4, -0.2) is 28.1 Å². The fourth-order valence-electron chi connectivity index (χ4n) is 3.84. The number of anilines is 1. The summed E-state index contributed by atoms with van der Waals surface area (Å²) < 4.78 is 1.86. The van der Waals surface area contributed by atoms with Crippen molar-refractivity contribution < 1.29 is 9.59 Å². The van der Waals surface area contributed by atoms with E-state index in [0.717, 1.165) is 53.0 Å². The first-order chi connectivity index (χ1) is 14.0. The number of rotatable bonds is 5. The quantitative estimate of drug-likeness (QED) is 0.704. The highest BCUT2D eigenvalue weighted by molar-refractivity contribution is 5.99. The summed E-state index contributed by atoms with van der Waals surface area (Å²) in [6.45, 7) is 3.79. The van der Waals surface area contributed by atoms with Crippen LogP contribution < -0.4 is 10.6 Å². The molecule has 0 aliphatic heterocycles. The Morgan fingerprint density at radius 1 is 1.00 bits per heavy atom. The molecule has 29 heavy (non-hydrogen) atoms. The molecule has 0 saturated carbocycles. The number of aromatic nitrogens is 2. The van der Waals surface area contributed by atoms with Gasteiger partial charge in [0.05, 0.1) is 12.2 Å². The SMILES string of the molecule is Cc1cccc(C)c1NC(=O)CNC(=O)c1nn(-c2ccccc2)c2c1CCC2. The molecular weight excluding hydrogens is 364 g/mol. The molecule has 0 radical (unpaired) electrons. The topological polar surface area (TPSA) is 76.0 Å². The summed E-state index contributed by atoms with van der Waals surface area (Å²) in [5.41, 5.74) is 6.20. The van der Waals surface area contributed by atoms with Crippen LogP contribution in [-0.2, 0) is 17.6 Å². The Morgan fingerprint density at radius 2 is 1.72 bits per heavy atom. The van der Waals surface area contributed by atoms with Crippen molar-refractivity contribution in [1.82, 2.24) is 15.1 Å². The fourth-order valence-corrected chi connectivity index (χ4v) is 3.84. The zero-order valence-corrected chi connectivity index (χ0v) is 16.7. The first kappa shape index (κ1) is 18.9. The Bertz CT molecular complexity index is 1050. The van der Waals surface area contributed by atoms with Gasteiger partial charge in [-0.15, -0.1) is 0 Å². The second-order valence-electron chi connectivity index (χ2n) is 7.37. The predicted molar refractivity (Wildman–Crippen MR) is 112 cm³/mol. The zero-order chi connectivity index (χ0) is 20.4. The summed E-state index contributed by atoms with van der Waals surface area (Å²) >= 11 is 0. The van der Waals surface area contributed by atoms with Crippen LogP contribution in [0, 0.1) is 13.8 Å². The molecule has 4 rings (SSSR count). The van der Waals surface area contributed by atoms with Crippen LogP contribution in [0.1, 0.15) is 39.3 Å². The lowest BCUT2D eigenvalue weighted by Gasteiger charge is -2.11. The zero-order valence-electron chi connectivity index (χ0n) is 16.7. The van der Waals surface area contributed by atoms with Gasteiger partial charge in [-0.05, 0) is 56.4 Å². The normalized spacial score (nSPS) is 12.5. The van der Waals surface area contributed by atoms with E-state index in [4.69, 9.17) is 0 Å². The molecule has 2 N–H and O–H groups in total. The van der Waals surface area contributed by atoms with E-state index >= 15 is 0 Å². The molecule has 6 nitrogen and oxygen atoms in total. The van der Waals surface area contributed by atoms with Crippen molar-refractivity contribution in [2.45, 2.75) is 33.1 Å². The smallest absolute Gasteiger partial charge is 0.272 e. The van der Waals surface area contributed by atoms with Crippen molar-refractivity contribution >= 4 is 17.5 Å². The largest absolute Gasteiger partial charge is 0.342 e. The van der Waals surface area contributed by atoms with Crippen molar-refractivity contribution in [2.24, 2.45) is 0 Å². The van der Waals surface area contributed by atoms with Crippen LogP contribution in [0.4, 0.5) is 5.69 Å². The Morgan fingerprint density at radius 3 is 2.45 bits per heavy atom. The molecule has 0 saturated heterocycles. The second-order valence-corrected chi connectivity index (χ2v) is 7.37. The Kier molecular flexibility index (Phi) is 5.16. The van der Waals surface area contributed by atoms with Gasteiger partial charge in [-0.25, -0.2) is 4.68 Å². The molecule has 1 aromatic heterocycles. The predicted octanol–water partition coefficient (Wildman–Crippen LogP) is 3.35. The van der Waals surface area contributed by atoms with Gasteiger partial charge in [-0.1, -0.05) is 36.4 Å². The van der Waals surface area contributed by atoms with Gasteiger partial charge in [0.2, 0.25) is 5.91 Å². The molecule has 0 bridgehead atoms. The molecule has 1 heterocycles. The number of amides is 2. The van der Waals surface area contributed by atoms with Gasteiger partial charge in [0.25, 0.3) is 5.91 Å². The third-order valence-electron chi connectivity index (χ3n) is 5.30. The lowest BCUT2D eigenvalue weighted by Crippen LogP contribution is -2.33. The minimum Gasteiger partial charge on any atom is -0.342 e. The van der Waals surface area contributed by atoms with E-state index in [1.165, 1.54) is 0 Å². The summed E-state index contributed by atoms with van der Waals surface area (Å²) in [4.78, 5) is 25.1. The van der Waals surface area contributed by atoms with Gasteiger partial charge >= 0.3 is 0 Å². The number of carbonyl (C=O) groups is 2. The highest BCUT2D eigenvalue weighted by Gasteiger charge is 2.27. The van der Waals surface area contributed by atoms with Gasteiger partial charge in [-0.3, -0.25) is 9.59 Å². The first-order valence-electron chi connectivity index (χ1n) is 9.85. The molecule has 6 heteroatoms. The Hall–Kier alpha value is -3.41. The molecule has 2 aromatic carbocycles. The molecule has 0 fully saturated rings. The maximum atomic E-state index is 12.8. The number of hydrogen-bond donors (Lipinski definition) is 2. The van der Waals surface area contributed by atoms with Crippen LogP contribution in [0.3, 0.4) is 0 Å².